The molecule has 0 atom stereocenters. The number of nitrogens with one attached hydrogen (secondary N) is 1. The summed E-state index contributed by atoms with van der Waals surface area (Å²) >= 11 is 0. The minimum Gasteiger partial charge on any atom is -0.369 e. The quantitative estimate of drug-likeness (QED) is 0.773. The zero-order chi connectivity index (χ0) is 19.5. The summed E-state index contributed by atoms with van der Waals surface area (Å²) in [6.07, 6.45) is -0.577. The molecule has 0 unspecified atom stereocenters. The summed E-state index contributed by atoms with van der Waals surface area (Å²) in [7, 11) is 0. The Balaban J connectivity index is 2.51. The van der Waals surface area contributed by atoms with Crippen LogP contribution in [0.5, 0.6) is 0 Å². The summed E-state index contributed by atoms with van der Waals surface area (Å²) in [5, 5.41) is 0. The molecule has 0 aromatic carbocycles. The van der Waals surface area contributed by atoms with E-state index in [1.54, 1.807) is 0 Å². The van der Waals surface area contributed by atoms with Crippen molar-refractivity contribution in [2.75, 3.05) is 5.73 Å². The van der Waals surface area contributed by atoms with E-state index >= 15 is 0 Å². The number of carbonyl (C=O) groups excluding carboxylic acids is 1. The number of allylic oxidation sites excluding steroid dienone is 3. The standard InChI is InChI=1S/C15H13F3N6O2/c1-3-5-9(4-2)24(13(26)15(16,17)18)7-8-6-20-11-10(21-8)12(25)23-14(19)22-11/h3-6H,1-2,7H2,(H3,19,20,22,23,25). The van der Waals surface area contributed by atoms with Gasteiger partial charge in [-0.2, -0.15) is 18.2 Å². The number of hydrogen-bond donors (Lipinski definition) is 2. The van der Waals surface area contributed by atoms with Crippen LogP contribution in [0.1, 0.15) is 5.69 Å². The Labute approximate surface area is 144 Å². The van der Waals surface area contributed by atoms with Crippen LogP contribution in [0.25, 0.3) is 11.2 Å². The van der Waals surface area contributed by atoms with Crippen molar-refractivity contribution in [3.05, 3.63) is 59.3 Å². The summed E-state index contributed by atoms with van der Waals surface area (Å²) in [5.74, 6) is -2.31. The molecule has 0 bridgehead atoms. The fourth-order valence-electron chi connectivity index (χ4n) is 2.03. The summed E-state index contributed by atoms with van der Waals surface area (Å²) in [4.78, 5) is 37.7. The van der Waals surface area contributed by atoms with Crippen molar-refractivity contribution in [1.82, 2.24) is 24.8 Å². The van der Waals surface area contributed by atoms with E-state index in [0.717, 1.165) is 12.3 Å². The largest absolute Gasteiger partial charge is 0.471 e. The number of anilines is 1. The molecule has 11 heteroatoms. The molecule has 26 heavy (non-hydrogen) atoms. The lowest BCUT2D eigenvalue weighted by Gasteiger charge is -2.24. The number of amides is 1. The Morgan fingerprint density at radius 3 is 2.62 bits per heavy atom. The number of halogens is 3. The van der Waals surface area contributed by atoms with Crippen LogP contribution in [-0.2, 0) is 11.3 Å². The first-order valence-corrected chi connectivity index (χ1v) is 7.02. The second-order valence-corrected chi connectivity index (χ2v) is 4.91. The highest BCUT2D eigenvalue weighted by Gasteiger charge is 2.43. The first-order valence-electron chi connectivity index (χ1n) is 7.02. The molecule has 0 fully saturated rings. The first kappa shape index (κ1) is 18.8. The Morgan fingerprint density at radius 2 is 2.04 bits per heavy atom. The molecular weight excluding hydrogens is 353 g/mol. The molecule has 3 N–H and O–H groups in total. The van der Waals surface area contributed by atoms with Gasteiger partial charge in [0.15, 0.2) is 11.2 Å². The third kappa shape index (κ3) is 3.94. The van der Waals surface area contributed by atoms with Crippen LogP contribution in [0, 0.1) is 0 Å². The Hall–Kier alpha value is -3.50. The van der Waals surface area contributed by atoms with Gasteiger partial charge in [0, 0.05) is 5.70 Å². The van der Waals surface area contributed by atoms with Gasteiger partial charge in [-0.1, -0.05) is 19.2 Å². The maximum Gasteiger partial charge on any atom is 0.471 e. The molecule has 0 radical (unpaired) electrons. The monoisotopic (exact) mass is 366 g/mol. The second-order valence-electron chi connectivity index (χ2n) is 4.91. The van der Waals surface area contributed by atoms with Crippen molar-refractivity contribution in [2.24, 2.45) is 0 Å². The van der Waals surface area contributed by atoms with Gasteiger partial charge in [-0.05, 0) is 12.2 Å². The number of H-pyrrole nitrogens is 1. The Morgan fingerprint density at radius 1 is 1.35 bits per heavy atom. The van der Waals surface area contributed by atoms with Crippen LogP contribution in [0.3, 0.4) is 0 Å². The van der Waals surface area contributed by atoms with E-state index in [1.165, 1.54) is 12.2 Å². The Kier molecular flexibility index (Phi) is 5.19. The lowest BCUT2D eigenvalue weighted by atomic mass is 10.2. The summed E-state index contributed by atoms with van der Waals surface area (Å²) in [5.41, 5.74) is 4.17. The van der Waals surface area contributed by atoms with Crippen molar-refractivity contribution in [3.8, 4) is 0 Å². The number of alkyl halides is 3. The molecule has 2 heterocycles. The van der Waals surface area contributed by atoms with Crippen LogP contribution in [0.2, 0.25) is 0 Å². The van der Waals surface area contributed by atoms with Gasteiger partial charge in [0.1, 0.15) is 0 Å². The minimum absolute atomic E-state index is 0.0658. The van der Waals surface area contributed by atoms with Crippen molar-refractivity contribution >= 4 is 23.0 Å². The predicted molar refractivity (Wildman–Crippen MR) is 87.4 cm³/mol. The highest BCUT2D eigenvalue weighted by Crippen LogP contribution is 2.23. The minimum atomic E-state index is -5.12. The van der Waals surface area contributed by atoms with E-state index in [-0.39, 0.29) is 28.5 Å². The number of rotatable bonds is 5. The van der Waals surface area contributed by atoms with Crippen LogP contribution in [-0.4, -0.2) is 36.9 Å². The third-order valence-corrected chi connectivity index (χ3v) is 3.10. The fourth-order valence-corrected chi connectivity index (χ4v) is 2.03. The molecule has 0 saturated heterocycles. The van der Waals surface area contributed by atoms with Crippen LogP contribution in [0.4, 0.5) is 19.1 Å². The van der Waals surface area contributed by atoms with E-state index in [2.05, 4.69) is 33.1 Å². The lowest BCUT2D eigenvalue weighted by molar-refractivity contribution is -0.183. The molecule has 136 valence electrons. The highest BCUT2D eigenvalue weighted by molar-refractivity contribution is 5.84. The van der Waals surface area contributed by atoms with Gasteiger partial charge < -0.3 is 5.73 Å². The Bertz CT molecular complexity index is 964. The van der Waals surface area contributed by atoms with Gasteiger partial charge in [-0.3, -0.25) is 19.5 Å². The highest BCUT2D eigenvalue weighted by atomic mass is 19.4. The molecule has 2 rings (SSSR count). The molecule has 0 aliphatic rings. The van der Waals surface area contributed by atoms with Gasteiger partial charge in [0.25, 0.3) is 5.56 Å². The van der Waals surface area contributed by atoms with Crippen molar-refractivity contribution < 1.29 is 18.0 Å². The van der Waals surface area contributed by atoms with Gasteiger partial charge in [0.05, 0.1) is 18.4 Å². The van der Waals surface area contributed by atoms with Gasteiger partial charge in [-0.15, -0.1) is 0 Å². The zero-order valence-electron chi connectivity index (χ0n) is 13.2. The SMILES string of the molecule is C=CC=C(C=C)N(Cc1cnc2nc(N)[nH]c(=O)c2n1)C(=O)C(F)(F)F. The van der Waals surface area contributed by atoms with Crippen molar-refractivity contribution in [3.63, 3.8) is 0 Å². The smallest absolute Gasteiger partial charge is 0.369 e. The molecule has 0 aliphatic heterocycles. The normalized spacial score (nSPS) is 12.0. The third-order valence-electron chi connectivity index (χ3n) is 3.10. The number of carbonyl (C=O) groups is 1. The van der Waals surface area contributed by atoms with Gasteiger partial charge in [-0.25, -0.2) is 9.97 Å². The predicted octanol–water partition coefficient (Wildman–Crippen LogP) is 1.44. The van der Waals surface area contributed by atoms with E-state index in [9.17, 15) is 22.8 Å². The molecule has 8 nitrogen and oxygen atoms in total. The van der Waals surface area contributed by atoms with Gasteiger partial charge in [0.2, 0.25) is 5.95 Å². The summed E-state index contributed by atoms with van der Waals surface area (Å²) in [6, 6.07) is 0. The van der Waals surface area contributed by atoms with E-state index in [1.807, 2.05) is 0 Å². The number of nitrogens with two attached hydrogens (primary N) is 1. The topological polar surface area (TPSA) is 118 Å². The van der Waals surface area contributed by atoms with Crippen molar-refractivity contribution in [1.29, 1.82) is 0 Å². The van der Waals surface area contributed by atoms with E-state index < -0.39 is 24.2 Å². The maximum atomic E-state index is 12.9. The number of nitrogens with zero attached hydrogens (tertiary/aromatic N) is 4. The number of aromatic amines is 1. The molecule has 0 saturated carbocycles. The average Bonchev–Trinajstić information content (AvgIpc) is 2.56. The number of fused-ring (bicyclic) bond motifs is 1. The zero-order valence-corrected chi connectivity index (χ0v) is 13.2. The summed E-state index contributed by atoms with van der Waals surface area (Å²) < 4.78 is 38.7. The molecule has 0 aliphatic carbocycles. The van der Waals surface area contributed by atoms with E-state index in [0.29, 0.717) is 4.90 Å². The summed E-state index contributed by atoms with van der Waals surface area (Å²) in [6.45, 7) is 6.17. The van der Waals surface area contributed by atoms with E-state index in [4.69, 9.17) is 5.73 Å². The van der Waals surface area contributed by atoms with Crippen LogP contribution in [0.15, 0.2) is 48.1 Å². The number of hydrogen-bond acceptors (Lipinski definition) is 6. The molecule has 0 spiro atoms. The molecule has 2 aromatic heterocycles. The van der Waals surface area contributed by atoms with Gasteiger partial charge >= 0.3 is 12.1 Å². The van der Waals surface area contributed by atoms with Crippen molar-refractivity contribution in [2.45, 2.75) is 12.7 Å². The van der Waals surface area contributed by atoms with Crippen LogP contribution >= 0.6 is 0 Å². The second kappa shape index (κ2) is 7.17. The lowest BCUT2D eigenvalue weighted by Crippen LogP contribution is -2.40. The molecular formula is C15H13F3N6O2. The number of aromatic nitrogens is 4. The first-order chi connectivity index (χ1) is 12.2. The maximum absolute atomic E-state index is 12.9. The molecule has 2 aromatic rings. The van der Waals surface area contributed by atoms with Crippen LogP contribution < -0.4 is 11.3 Å². The molecule has 1 amide bonds. The number of nitrogen functional groups attached to an aromatic ring is 1. The average molecular weight is 366 g/mol. The fraction of sp³-hybridized carbons (Fsp3) is 0.133.